The van der Waals surface area contributed by atoms with Crippen LogP contribution >= 0.6 is 0 Å². The van der Waals surface area contributed by atoms with Crippen molar-refractivity contribution < 1.29 is 9.53 Å². The SMILES string of the molecule is C=CCOC(=O)CNC.[NaH]. The third-order valence-electron chi connectivity index (χ3n) is 0.683. The molecule has 0 aromatic heterocycles. The Balaban J connectivity index is 0. The van der Waals surface area contributed by atoms with Crippen LogP contribution in [-0.4, -0.2) is 55.7 Å². The summed E-state index contributed by atoms with van der Waals surface area (Å²) in [5, 5.41) is 2.67. The number of rotatable bonds is 4. The minimum atomic E-state index is -0.252. The van der Waals surface area contributed by atoms with Gasteiger partial charge in [-0.2, -0.15) is 0 Å². The van der Waals surface area contributed by atoms with Gasteiger partial charge in [-0.05, 0) is 7.05 Å². The second-order valence-corrected chi connectivity index (χ2v) is 1.50. The van der Waals surface area contributed by atoms with Crippen molar-refractivity contribution in [3.8, 4) is 0 Å². The maximum absolute atomic E-state index is 10.5. The molecule has 0 aliphatic rings. The van der Waals surface area contributed by atoms with Crippen LogP contribution in [0, 0.1) is 0 Å². The number of esters is 1. The molecule has 0 fully saturated rings. The molecule has 0 aromatic carbocycles. The van der Waals surface area contributed by atoms with E-state index < -0.39 is 0 Å². The zero-order chi connectivity index (χ0) is 7.11. The Kier molecular flexibility index (Phi) is 11.7. The third kappa shape index (κ3) is 8.17. The Morgan fingerprint density at radius 2 is 2.40 bits per heavy atom. The summed E-state index contributed by atoms with van der Waals surface area (Å²) in [6.45, 7) is 3.95. The first-order valence-corrected chi connectivity index (χ1v) is 2.72. The molecule has 0 heterocycles. The summed E-state index contributed by atoms with van der Waals surface area (Å²) < 4.78 is 4.61. The van der Waals surface area contributed by atoms with Gasteiger partial charge in [0.05, 0.1) is 6.54 Å². The monoisotopic (exact) mass is 153 g/mol. The summed E-state index contributed by atoms with van der Waals surface area (Å²) in [6, 6.07) is 0. The number of hydrogen-bond donors (Lipinski definition) is 1. The summed E-state index contributed by atoms with van der Waals surface area (Å²) in [6.07, 6.45) is 1.54. The fourth-order valence-electron chi connectivity index (χ4n) is 0.347. The molecule has 0 saturated heterocycles. The van der Waals surface area contributed by atoms with Crippen molar-refractivity contribution in [2.75, 3.05) is 20.2 Å². The van der Waals surface area contributed by atoms with Crippen molar-refractivity contribution in [3.05, 3.63) is 12.7 Å². The van der Waals surface area contributed by atoms with E-state index in [2.05, 4.69) is 16.6 Å². The number of hydrogen-bond acceptors (Lipinski definition) is 3. The first-order valence-electron chi connectivity index (χ1n) is 2.72. The summed E-state index contributed by atoms with van der Waals surface area (Å²) in [7, 11) is 1.69. The van der Waals surface area contributed by atoms with E-state index in [4.69, 9.17) is 0 Å². The van der Waals surface area contributed by atoms with Crippen LogP contribution in [0.1, 0.15) is 0 Å². The average molecular weight is 153 g/mol. The summed E-state index contributed by atoms with van der Waals surface area (Å²) in [5.41, 5.74) is 0. The van der Waals surface area contributed by atoms with Gasteiger partial charge in [-0.15, -0.1) is 0 Å². The summed E-state index contributed by atoms with van der Waals surface area (Å²) >= 11 is 0. The van der Waals surface area contributed by atoms with Crippen LogP contribution in [-0.2, 0) is 9.53 Å². The first-order chi connectivity index (χ1) is 4.31. The quantitative estimate of drug-likeness (QED) is 0.329. The van der Waals surface area contributed by atoms with E-state index in [9.17, 15) is 4.79 Å². The van der Waals surface area contributed by atoms with Gasteiger partial charge in [0.15, 0.2) is 0 Å². The molecule has 0 aliphatic heterocycles. The van der Waals surface area contributed by atoms with E-state index in [1.165, 1.54) is 6.08 Å². The van der Waals surface area contributed by atoms with Gasteiger partial charge in [0, 0.05) is 0 Å². The van der Waals surface area contributed by atoms with E-state index >= 15 is 0 Å². The van der Waals surface area contributed by atoms with Crippen LogP contribution in [0.5, 0.6) is 0 Å². The third-order valence-corrected chi connectivity index (χ3v) is 0.683. The zero-order valence-electron chi connectivity index (χ0n) is 5.52. The number of likely N-dealkylation sites (N-methyl/N-ethyl adjacent to an activating group) is 1. The molecule has 0 aliphatic carbocycles. The van der Waals surface area contributed by atoms with Gasteiger partial charge in [-0.3, -0.25) is 4.79 Å². The number of ether oxygens (including phenoxy) is 1. The number of carbonyl (C=O) groups excluding carboxylic acids is 1. The first kappa shape index (κ1) is 12.8. The van der Waals surface area contributed by atoms with Gasteiger partial charge in [0.1, 0.15) is 6.61 Å². The van der Waals surface area contributed by atoms with E-state index in [0.717, 1.165) is 0 Å². The molecule has 10 heavy (non-hydrogen) atoms. The van der Waals surface area contributed by atoms with Crippen LogP contribution in [0.25, 0.3) is 0 Å². The van der Waals surface area contributed by atoms with Crippen LogP contribution in [0.4, 0.5) is 0 Å². The molecule has 0 spiro atoms. The molecule has 4 heteroatoms. The Labute approximate surface area is 83.1 Å². The molecule has 0 bridgehead atoms. The second-order valence-electron chi connectivity index (χ2n) is 1.50. The van der Waals surface area contributed by atoms with Crippen LogP contribution < -0.4 is 5.32 Å². The predicted octanol–water partition coefficient (Wildman–Crippen LogP) is -0.714. The Morgan fingerprint density at radius 1 is 1.80 bits per heavy atom. The molecule has 0 aromatic rings. The maximum atomic E-state index is 10.5. The minimum absolute atomic E-state index is 0. The second kappa shape index (κ2) is 9.17. The normalized spacial score (nSPS) is 7.70. The summed E-state index contributed by atoms with van der Waals surface area (Å²) in [4.78, 5) is 10.5. The van der Waals surface area contributed by atoms with E-state index in [1.54, 1.807) is 7.05 Å². The molecule has 0 unspecified atom stereocenters. The number of carbonyl (C=O) groups is 1. The Hall–Kier alpha value is 0.170. The fraction of sp³-hybridized carbons (Fsp3) is 0.500. The predicted molar refractivity (Wildman–Crippen MR) is 42.2 cm³/mol. The van der Waals surface area contributed by atoms with Crippen LogP contribution in [0.3, 0.4) is 0 Å². The van der Waals surface area contributed by atoms with Crippen molar-refractivity contribution in [2.24, 2.45) is 0 Å². The molecule has 1 N–H and O–H groups in total. The zero-order valence-corrected chi connectivity index (χ0v) is 5.52. The van der Waals surface area contributed by atoms with E-state index in [1.807, 2.05) is 0 Å². The molecule has 0 atom stereocenters. The molecule has 0 saturated carbocycles. The average Bonchev–Trinajstić information content (AvgIpc) is 1.85. The van der Waals surface area contributed by atoms with Crippen molar-refractivity contribution in [3.63, 3.8) is 0 Å². The molecular formula is C6H12NNaO2. The molecule has 3 nitrogen and oxygen atoms in total. The molecule has 54 valence electrons. The topological polar surface area (TPSA) is 38.3 Å². The Bertz CT molecular complexity index is 106. The van der Waals surface area contributed by atoms with Gasteiger partial charge < -0.3 is 10.1 Å². The van der Waals surface area contributed by atoms with Gasteiger partial charge in [0.2, 0.25) is 0 Å². The molecule has 0 radical (unpaired) electrons. The van der Waals surface area contributed by atoms with Crippen molar-refractivity contribution in [1.82, 2.24) is 5.32 Å². The Morgan fingerprint density at radius 3 is 2.80 bits per heavy atom. The van der Waals surface area contributed by atoms with Crippen LogP contribution in [0.15, 0.2) is 12.7 Å². The molecular weight excluding hydrogens is 141 g/mol. The van der Waals surface area contributed by atoms with Gasteiger partial charge >= 0.3 is 35.5 Å². The van der Waals surface area contributed by atoms with Crippen molar-refractivity contribution in [2.45, 2.75) is 0 Å². The van der Waals surface area contributed by atoms with Gasteiger partial charge in [-0.25, -0.2) is 0 Å². The van der Waals surface area contributed by atoms with E-state index in [-0.39, 0.29) is 42.1 Å². The van der Waals surface area contributed by atoms with Gasteiger partial charge in [0.25, 0.3) is 0 Å². The molecule has 0 rings (SSSR count). The van der Waals surface area contributed by atoms with Crippen molar-refractivity contribution >= 4 is 35.5 Å². The van der Waals surface area contributed by atoms with E-state index in [0.29, 0.717) is 6.61 Å². The molecule has 0 amide bonds. The van der Waals surface area contributed by atoms with Gasteiger partial charge in [-0.1, -0.05) is 12.7 Å². The number of nitrogens with one attached hydrogen (secondary N) is 1. The standard InChI is InChI=1S/C6H11NO2.Na.H/c1-3-4-9-6(8)5-7-2;;/h3,7H,1,4-5H2,2H3;;. The summed E-state index contributed by atoms with van der Waals surface area (Å²) in [5.74, 6) is -0.252. The van der Waals surface area contributed by atoms with Crippen LogP contribution in [0.2, 0.25) is 0 Å². The van der Waals surface area contributed by atoms with Crippen molar-refractivity contribution in [1.29, 1.82) is 0 Å². The fourth-order valence-corrected chi connectivity index (χ4v) is 0.347.